The van der Waals surface area contributed by atoms with Crippen LogP contribution in [0.3, 0.4) is 0 Å². The van der Waals surface area contributed by atoms with Crippen LogP contribution in [0.4, 0.5) is 23.0 Å². The van der Waals surface area contributed by atoms with E-state index in [1.807, 2.05) is 7.05 Å². The Morgan fingerprint density at radius 3 is 2.60 bits per heavy atom. The number of ether oxygens (including phenoxy) is 1. The molecule has 3 aliphatic rings. The Morgan fingerprint density at radius 1 is 0.925 bits per heavy atom. The molecule has 1 aromatic carbocycles. The lowest BCUT2D eigenvalue weighted by Crippen LogP contribution is -2.37. The molecule has 3 aliphatic heterocycles. The number of aromatic nitrogens is 2. The van der Waals surface area contributed by atoms with E-state index in [2.05, 4.69) is 61.0 Å². The van der Waals surface area contributed by atoms with Crippen LogP contribution in [0.1, 0.15) is 43.2 Å². The van der Waals surface area contributed by atoms with Crippen LogP contribution in [-0.2, 0) is 20.9 Å². The molecule has 11 nitrogen and oxygen atoms in total. The minimum atomic E-state index is -0.223. The molecule has 4 heterocycles. The van der Waals surface area contributed by atoms with Gasteiger partial charge in [0.2, 0.25) is 5.91 Å². The van der Waals surface area contributed by atoms with E-state index in [9.17, 15) is 9.59 Å². The average Bonchev–Trinajstić information content (AvgIpc) is 3.29. The van der Waals surface area contributed by atoms with Crippen LogP contribution in [0.5, 0.6) is 0 Å². The summed E-state index contributed by atoms with van der Waals surface area (Å²) in [5.41, 5.74) is 4.47. The minimum absolute atomic E-state index is 0.181. The monoisotopic (exact) mass is 548 g/mol. The van der Waals surface area contributed by atoms with E-state index in [1.54, 1.807) is 11.1 Å². The first-order valence-corrected chi connectivity index (χ1v) is 14.2. The molecule has 0 unspecified atom stereocenters. The summed E-state index contributed by atoms with van der Waals surface area (Å²) in [7, 11) is 4.01. The molecule has 5 rings (SSSR count). The highest BCUT2D eigenvalue weighted by Gasteiger charge is 2.29. The lowest BCUT2D eigenvalue weighted by Gasteiger charge is -2.32. The van der Waals surface area contributed by atoms with Crippen LogP contribution in [0, 0.1) is 0 Å². The minimum Gasteiger partial charge on any atom is -0.378 e. The number of anilines is 4. The van der Waals surface area contributed by atoms with Crippen LogP contribution in [0.15, 0.2) is 30.7 Å². The smallest absolute Gasteiger partial charge is 0.259 e. The number of rotatable bonds is 1. The Hall–Kier alpha value is -3.70. The predicted octanol–water partition coefficient (Wildman–Crippen LogP) is 2.98. The standard InChI is InChI=1S/C29H40N8O3/c1-35-11-5-3-4-7-25(38)36(2)12-6-10-30-27-26-23(29(39)34-28(26)33-20-32-27)18-31-22-8-9-24(21(17-22)19-35)37-13-15-40-16-14-37/h8-9,17-18,20,31H,3-7,10-16,19H2,1-2H3,(H2,30,32,33,34,39)/b23-18-. The maximum Gasteiger partial charge on any atom is 0.259 e. The maximum absolute atomic E-state index is 12.9. The van der Waals surface area contributed by atoms with E-state index in [4.69, 9.17) is 4.74 Å². The molecule has 1 aromatic heterocycles. The molecule has 0 spiro atoms. The normalized spacial score (nSPS) is 21.3. The molecule has 1 fully saturated rings. The lowest BCUT2D eigenvalue weighted by molar-refractivity contribution is -0.130. The van der Waals surface area contributed by atoms with Crippen LogP contribution in [-0.4, -0.2) is 91.6 Å². The van der Waals surface area contributed by atoms with E-state index in [0.717, 1.165) is 70.8 Å². The van der Waals surface area contributed by atoms with Gasteiger partial charge in [-0.2, -0.15) is 0 Å². The number of hydrogen-bond acceptors (Lipinski definition) is 9. The third-order valence-corrected chi connectivity index (χ3v) is 7.67. The average molecular weight is 549 g/mol. The SMILES string of the molecule is CN1CCCCCC(=O)N(C)CCCNc2ncnc3c2/C(=C/Nc2ccc(N4CCOCC4)c(c2)C1)C(=O)N3. The molecule has 0 radical (unpaired) electrons. The number of amides is 2. The molecule has 0 saturated carbocycles. The van der Waals surface area contributed by atoms with Crippen LogP contribution in [0.2, 0.25) is 0 Å². The van der Waals surface area contributed by atoms with E-state index < -0.39 is 0 Å². The predicted molar refractivity (Wildman–Crippen MR) is 157 cm³/mol. The van der Waals surface area contributed by atoms with Crippen molar-refractivity contribution in [3.05, 3.63) is 41.9 Å². The summed E-state index contributed by atoms with van der Waals surface area (Å²) in [6, 6.07) is 6.39. The van der Waals surface area contributed by atoms with Gasteiger partial charge in [0.1, 0.15) is 18.0 Å². The quantitative estimate of drug-likeness (QED) is 0.495. The number of carbonyl (C=O) groups excluding carboxylic acids is 2. The zero-order chi connectivity index (χ0) is 27.9. The van der Waals surface area contributed by atoms with Crippen molar-refractivity contribution in [2.75, 3.05) is 80.9 Å². The van der Waals surface area contributed by atoms with Gasteiger partial charge in [-0.25, -0.2) is 9.97 Å². The summed E-state index contributed by atoms with van der Waals surface area (Å²) in [6.07, 6.45) is 7.50. The first kappa shape index (κ1) is 27.9. The third-order valence-electron chi connectivity index (χ3n) is 7.67. The van der Waals surface area contributed by atoms with Gasteiger partial charge in [-0.15, -0.1) is 0 Å². The highest BCUT2D eigenvalue weighted by Crippen LogP contribution is 2.35. The molecule has 2 bridgehead atoms. The number of nitrogens with one attached hydrogen (secondary N) is 3. The third kappa shape index (κ3) is 6.71. The number of morpholine rings is 1. The van der Waals surface area contributed by atoms with Crippen molar-refractivity contribution >= 4 is 40.4 Å². The van der Waals surface area contributed by atoms with Gasteiger partial charge in [-0.05, 0) is 56.6 Å². The van der Waals surface area contributed by atoms with Crippen molar-refractivity contribution in [3.63, 3.8) is 0 Å². The fourth-order valence-electron chi connectivity index (χ4n) is 5.41. The number of nitrogens with zero attached hydrogens (tertiary/aromatic N) is 5. The molecule has 1 saturated heterocycles. The Labute approximate surface area is 236 Å². The second-order valence-corrected chi connectivity index (χ2v) is 10.7. The Bertz CT molecular complexity index is 1240. The Morgan fingerprint density at radius 2 is 1.75 bits per heavy atom. The van der Waals surface area contributed by atoms with E-state index in [-0.39, 0.29) is 11.8 Å². The van der Waals surface area contributed by atoms with Gasteiger partial charge in [-0.3, -0.25) is 9.59 Å². The van der Waals surface area contributed by atoms with Crippen molar-refractivity contribution in [1.82, 2.24) is 19.8 Å². The molecule has 0 aliphatic carbocycles. The Kier molecular flexibility index (Phi) is 9.12. The van der Waals surface area contributed by atoms with Crippen molar-refractivity contribution < 1.29 is 14.3 Å². The van der Waals surface area contributed by atoms with Gasteiger partial charge in [-0.1, -0.05) is 6.42 Å². The first-order chi connectivity index (χ1) is 19.5. The number of fused-ring (bicyclic) bond motifs is 2. The lowest BCUT2D eigenvalue weighted by atomic mass is 10.1. The molecular weight excluding hydrogens is 508 g/mol. The maximum atomic E-state index is 12.9. The molecule has 40 heavy (non-hydrogen) atoms. The summed E-state index contributed by atoms with van der Waals surface area (Å²) >= 11 is 0. The number of benzene rings is 1. The largest absolute Gasteiger partial charge is 0.378 e. The van der Waals surface area contributed by atoms with Gasteiger partial charge in [0.25, 0.3) is 5.91 Å². The summed E-state index contributed by atoms with van der Waals surface area (Å²) < 4.78 is 5.59. The highest BCUT2D eigenvalue weighted by molar-refractivity contribution is 6.32. The van der Waals surface area contributed by atoms with Gasteiger partial charge in [0.15, 0.2) is 0 Å². The fraction of sp³-hybridized carbons (Fsp3) is 0.517. The first-order valence-electron chi connectivity index (χ1n) is 14.2. The molecule has 214 valence electrons. The van der Waals surface area contributed by atoms with Crippen molar-refractivity contribution in [3.8, 4) is 0 Å². The zero-order valence-corrected chi connectivity index (χ0v) is 23.5. The molecular formula is C29H40N8O3. The van der Waals surface area contributed by atoms with Crippen molar-refractivity contribution in [2.24, 2.45) is 0 Å². The zero-order valence-electron chi connectivity index (χ0n) is 23.5. The summed E-state index contributed by atoms with van der Waals surface area (Å²) in [5.74, 6) is 1.05. The second-order valence-electron chi connectivity index (χ2n) is 10.7. The number of hydrogen-bond donors (Lipinski definition) is 3. The van der Waals surface area contributed by atoms with Gasteiger partial charge in [0, 0.05) is 63.8 Å². The van der Waals surface area contributed by atoms with E-state index >= 15 is 0 Å². The van der Waals surface area contributed by atoms with Gasteiger partial charge in [0.05, 0.1) is 24.4 Å². The summed E-state index contributed by atoms with van der Waals surface area (Å²) in [4.78, 5) is 40.7. The van der Waals surface area contributed by atoms with Crippen LogP contribution < -0.4 is 20.9 Å². The second kappa shape index (κ2) is 13.1. The Balaban J connectivity index is 1.43. The van der Waals surface area contributed by atoms with E-state index in [1.165, 1.54) is 17.6 Å². The van der Waals surface area contributed by atoms with Gasteiger partial charge < -0.3 is 35.4 Å². The highest BCUT2D eigenvalue weighted by atomic mass is 16.5. The fourth-order valence-corrected chi connectivity index (χ4v) is 5.41. The van der Waals surface area contributed by atoms with Gasteiger partial charge >= 0.3 is 0 Å². The number of carbonyl (C=O) groups is 2. The molecule has 2 aromatic rings. The van der Waals surface area contributed by atoms with Crippen LogP contribution >= 0.6 is 0 Å². The van der Waals surface area contributed by atoms with Crippen LogP contribution in [0.25, 0.3) is 5.57 Å². The topological polar surface area (TPSA) is 115 Å². The van der Waals surface area contributed by atoms with E-state index in [0.29, 0.717) is 42.3 Å². The van der Waals surface area contributed by atoms with Crippen molar-refractivity contribution in [1.29, 1.82) is 0 Å². The molecule has 0 atom stereocenters. The summed E-state index contributed by atoms with van der Waals surface area (Å²) in [5, 5.41) is 9.56. The summed E-state index contributed by atoms with van der Waals surface area (Å²) in [6.45, 7) is 6.21. The van der Waals surface area contributed by atoms with Crippen molar-refractivity contribution in [2.45, 2.75) is 38.6 Å². The molecule has 2 amide bonds. The molecule has 11 heteroatoms. The molecule has 3 N–H and O–H groups in total.